The van der Waals surface area contributed by atoms with Gasteiger partial charge in [-0.15, -0.1) is 0 Å². The number of hydrogen-bond acceptors (Lipinski definition) is 5. The van der Waals surface area contributed by atoms with Crippen molar-refractivity contribution in [2.24, 2.45) is 0 Å². The molecule has 0 spiro atoms. The van der Waals surface area contributed by atoms with Crippen molar-refractivity contribution in [2.45, 2.75) is 13.0 Å². The van der Waals surface area contributed by atoms with Gasteiger partial charge in [0.15, 0.2) is 5.69 Å². The van der Waals surface area contributed by atoms with Crippen molar-refractivity contribution >= 4 is 17.2 Å². The van der Waals surface area contributed by atoms with Crippen molar-refractivity contribution in [1.82, 2.24) is 14.7 Å². The molecular formula is C12H16N4O2. The number of nitrogens with two attached hydrogens (primary N) is 1. The van der Waals surface area contributed by atoms with E-state index in [1.54, 1.807) is 18.3 Å². The van der Waals surface area contributed by atoms with Gasteiger partial charge in [-0.05, 0) is 26.1 Å². The molecule has 2 heterocycles. The zero-order valence-corrected chi connectivity index (χ0v) is 10.6. The summed E-state index contributed by atoms with van der Waals surface area (Å²) in [7, 11) is 3.17. The maximum atomic E-state index is 11.7. The largest absolute Gasteiger partial charge is 0.464 e. The second-order valence-electron chi connectivity index (χ2n) is 4.04. The highest BCUT2D eigenvalue weighted by Gasteiger charge is 2.20. The zero-order valence-electron chi connectivity index (χ0n) is 10.6. The summed E-state index contributed by atoms with van der Waals surface area (Å²) < 4.78 is 6.54. The first-order chi connectivity index (χ1) is 8.58. The van der Waals surface area contributed by atoms with Gasteiger partial charge >= 0.3 is 5.97 Å². The van der Waals surface area contributed by atoms with E-state index in [0.717, 1.165) is 5.82 Å². The van der Waals surface area contributed by atoms with Crippen LogP contribution in [0.1, 0.15) is 29.3 Å². The van der Waals surface area contributed by atoms with E-state index < -0.39 is 5.97 Å². The summed E-state index contributed by atoms with van der Waals surface area (Å²) in [4.78, 5) is 16.0. The van der Waals surface area contributed by atoms with Crippen molar-refractivity contribution in [3.05, 3.63) is 29.8 Å². The van der Waals surface area contributed by atoms with Gasteiger partial charge in [0.05, 0.1) is 18.7 Å². The SMILES string of the molecule is CNC(C)c1nc(C(=O)OC)c2ccc(N)cn12. The van der Waals surface area contributed by atoms with Crippen molar-refractivity contribution in [2.75, 3.05) is 19.9 Å². The number of anilines is 1. The van der Waals surface area contributed by atoms with Crippen LogP contribution in [0.5, 0.6) is 0 Å². The van der Waals surface area contributed by atoms with Crippen LogP contribution in [-0.2, 0) is 4.74 Å². The molecule has 0 bridgehead atoms. The Labute approximate surface area is 105 Å². The number of nitrogens with one attached hydrogen (secondary N) is 1. The summed E-state index contributed by atoms with van der Waals surface area (Å²) >= 11 is 0. The Morgan fingerprint density at radius 3 is 2.89 bits per heavy atom. The molecule has 3 N–H and O–H groups in total. The number of carbonyl (C=O) groups is 1. The highest BCUT2D eigenvalue weighted by atomic mass is 16.5. The Kier molecular flexibility index (Phi) is 3.20. The zero-order chi connectivity index (χ0) is 13.3. The first-order valence-corrected chi connectivity index (χ1v) is 5.61. The number of hydrogen-bond donors (Lipinski definition) is 2. The maximum absolute atomic E-state index is 11.7. The number of nitrogens with zero attached hydrogens (tertiary/aromatic N) is 2. The standard InChI is InChI=1S/C12H16N4O2/c1-7(14-2)11-15-10(12(17)18-3)9-5-4-8(13)6-16(9)11/h4-7,14H,13H2,1-3H3. The number of ether oxygens (including phenoxy) is 1. The van der Waals surface area contributed by atoms with Gasteiger partial charge in [0.1, 0.15) is 5.82 Å². The van der Waals surface area contributed by atoms with Gasteiger partial charge in [0.25, 0.3) is 0 Å². The minimum atomic E-state index is -0.452. The molecule has 1 unspecified atom stereocenters. The Morgan fingerprint density at radius 2 is 2.28 bits per heavy atom. The van der Waals surface area contributed by atoms with Gasteiger partial charge in [0.2, 0.25) is 0 Å². The number of carbonyl (C=O) groups excluding carboxylic acids is 1. The van der Waals surface area contributed by atoms with Gasteiger partial charge in [-0.3, -0.25) is 4.40 Å². The summed E-state index contributed by atoms with van der Waals surface area (Å²) in [5.74, 6) is 0.270. The smallest absolute Gasteiger partial charge is 0.358 e. The predicted molar refractivity (Wildman–Crippen MR) is 68.4 cm³/mol. The number of nitrogen functional groups attached to an aromatic ring is 1. The number of pyridine rings is 1. The lowest BCUT2D eigenvalue weighted by atomic mass is 10.3. The van der Waals surface area contributed by atoms with Crippen LogP contribution in [0.4, 0.5) is 5.69 Å². The van der Waals surface area contributed by atoms with E-state index >= 15 is 0 Å². The number of rotatable bonds is 3. The summed E-state index contributed by atoms with van der Waals surface area (Å²) in [5.41, 5.74) is 7.37. The molecule has 2 aromatic heterocycles. The fraction of sp³-hybridized carbons (Fsp3) is 0.333. The van der Waals surface area contributed by atoms with E-state index in [9.17, 15) is 4.79 Å². The number of methoxy groups -OCH3 is 1. The Balaban J connectivity index is 2.71. The molecule has 96 valence electrons. The molecule has 2 rings (SSSR count). The van der Waals surface area contributed by atoms with Crippen LogP contribution >= 0.6 is 0 Å². The van der Waals surface area contributed by atoms with Gasteiger partial charge in [-0.25, -0.2) is 9.78 Å². The molecule has 6 nitrogen and oxygen atoms in total. The topological polar surface area (TPSA) is 81.6 Å². The maximum Gasteiger partial charge on any atom is 0.358 e. The average Bonchev–Trinajstić information content (AvgIpc) is 2.75. The van der Waals surface area contributed by atoms with Crippen molar-refractivity contribution in [1.29, 1.82) is 0 Å². The quantitative estimate of drug-likeness (QED) is 0.791. The van der Waals surface area contributed by atoms with Gasteiger partial charge in [0, 0.05) is 11.9 Å². The van der Waals surface area contributed by atoms with Gasteiger partial charge < -0.3 is 15.8 Å². The molecular weight excluding hydrogens is 232 g/mol. The Morgan fingerprint density at radius 1 is 1.56 bits per heavy atom. The molecule has 0 aliphatic rings. The van der Waals surface area contributed by atoms with Crippen LogP contribution in [0.2, 0.25) is 0 Å². The second-order valence-corrected chi connectivity index (χ2v) is 4.04. The molecule has 0 radical (unpaired) electrons. The molecule has 0 saturated heterocycles. The third kappa shape index (κ3) is 1.91. The first-order valence-electron chi connectivity index (χ1n) is 5.61. The highest BCUT2D eigenvalue weighted by molar-refractivity contribution is 5.95. The lowest BCUT2D eigenvalue weighted by molar-refractivity contribution is 0.0596. The van der Waals surface area contributed by atoms with Crippen molar-refractivity contribution in [3.8, 4) is 0 Å². The number of esters is 1. The molecule has 0 aliphatic heterocycles. The van der Waals surface area contributed by atoms with Crippen molar-refractivity contribution in [3.63, 3.8) is 0 Å². The van der Waals surface area contributed by atoms with Crippen LogP contribution in [0.3, 0.4) is 0 Å². The van der Waals surface area contributed by atoms with Crippen LogP contribution < -0.4 is 11.1 Å². The Hall–Kier alpha value is -2.08. The lowest BCUT2D eigenvalue weighted by Gasteiger charge is -2.08. The summed E-state index contributed by atoms with van der Waals surface area (Å²) in [5, 5.41) is 3.09. The van der Waals surface area contributed by atoms with E-state index in [4.69, 9.17) is 10.5 Å². The molecule has 18 heavy (non-hydrogen) atoms. The normalized spacial score (nSPS) is 12.6. The molecule has 0 aliphatic carbocycles. The summed E-state index contributed by atoms with van der Waals surface area (Å²) in [6.07, 6.45) is 1.75. The highest BCUT2D eigenvalue weighted by Crippen LogP contribution is 2.20. The van der Waals surface area contributed by atoms with Gasteiger partial charge in [-0.1, -0.05) is 0 Å². The van der Waals surface area contributed by atoms with Crippen molar-refractivity contribution < 1.29 is 9.53 Å². The monoisotopic (exact) mass is 248 g/mol. The van der Waals surface area contributed by atoms with E-state index in [0.29, 0.717) is 16.9 Å². The number of imidazole rings is 1. The molecule has 0 saturated carbocycles. The minimum absolute atomic E-state index is 0.00212. The van der Waals surface area contributed by atoms with E-state index in [2.05, 4.69) is 10.3 Å². The fourth-order valence-corrected chi connectivity index (χ4v) is 1.81. The predicted octanol–water partition coefficient (Wildman–Crippen LogP) is 0.984. The fourth-order valence-electron chi connectivity index (χ4n) is 1.81. The van der Waals surface area contributed by atoms with E-state index in [1.165, 1.54) is 7.11 Å². The molecule has 0 aromatic carbocycles. The van der Waals surface area contributed by atoms with E-state index in [-0.39, 0.29) is 6.04 Å². The lowest BCUT2D eigenvalue weighted by Crippen LogP contribution is -2.15. The number of fused-ring (bicyclic) bond motifs is 1. The minimum Gasteiger partial charge on any atom is -0.464 e. The Bertz CT molecular complexity index is 591. The third-order valence-corrected chi connectivity index (χ3v) is 2.89. The van der Waals surface area contributed by atoms with Gasteiger partial charge in [-0.2, -0.15) is 0 Å². The summed E-state index contributed by atoms with van der Waals surface area (Å²) in [6.45, 7) is 1.96. The molecule has 2 aromatic rings. The van der Waals surface area contributed by atoms with Crippen LogP contribution in [0.25, 0.3) is 5.52 Å². The molecule has 6 heteroatoms. The van der Waals surface area contributed by atoms with Crippen LogP contribution in [0, 0.1) is 0 Å². The molecule has 0 fully saturated rings. The first kappa shape index (κ1) is 12.4. The van der Waals surface area contributed by atoms with Crippen LogP contribution in [0.15, 0.2) is 18.3 Å². The molecule has 1 atom stereocenters. The third-order valence-electron chi connectivity index (χ3n) is 2.89. The summed E-state index contributed by atoms with van der Waals surface area (Å²) in [6, 6.07) is 3.50. The van der Waals surface area contributed by atoms with Crippen LogP contribution in [-0.4, -0.2) is 29.5 Å². The second kappa shape index (κ2) is 4.66. The number of aromatic nitrogens is 2. The molecule has 0 amide bonds. The average molecular weight is 248 g/mol. The van der Waals surface area contributed by atoms with E-state index in [1.807, 2.05) is 18.4 Å².